The quantitative estimate of drug-likeness (QED) is 0.795. The molecular weight excluding hydrogens is 314 g/mol. The van der Waals surface area contributed by atoms with Crippen LogP contribution < -0.4 is 0 Å². The van der Waals surface area contributed by atoms with Crippen LogP contribution in [0.15, 0.2) is 23.1 Å². The summed E-state index contributed by atoms with van der Waals surface area (Å²) in [6.45, 7) is 2.99. The van der Waals surface area contributed by atoms with Crippen LogP contribution in [0.3, 0.4) is 0 Å². The fourth-order valence-corrected chi connectivity index (χ4v) is 5.48. The van der Waals surface area contributed by atoms with E-state index >= 15 is 0 Å². The maximum atomic E-state index is 12.9. The number of benzene rings is 1. The average molecular weight is 337 g/mol. The number of carbonyl (C=O) groups excluding carboxylic acids is 1. The van der Waals surface area contributed by atoms with Crippen molar-refractivity contribution in [3.63, 3.8) is 0 Å². The summed E-state index contributed by atoms with van der Waals surface area (Å²) in [5.74, 6) is 0.571. The fourth-order valence-electron chi connectivity index (χ4n) is 3.84. The van der Waals surface area contributed by atoms with Gasteiger partial charge in [0.15, 0.2) is 0 Å². The van der Waals surface area contributed by atoms with Crippen LogP contribution in [0.4, 0.5) is 0 Å². The summed E-state index contributed by atoms with van der Waals surface area (Å²) in [4.78, 5) is 11.9. The molecule has 1 aromatic carbocycles. The van der Waals surface area contributed by atoms with E-state index in [2.05, 4.69) is 0 Å². The molecule has 0 radical (unpaired) electrons. The second-order valence-electron chi connectivity index (χ2n) is 6.59. The Balaban J connectivity index is 1.85. The molecule has 1 aliphatic heterocycles. The summed E-state index contributed by atoms with van der Waals surface area (Å²) >= 11 is 0. The molecule has 1 heterocycles. The molecule has 2 aliphatic rings. The van der Waals surface area contributed by atoms with Gasteiger partial charge in [0.05, 0.1) is 17.6 Å². The average Bonchev–Trinajstić information content (AvgIpc) is 2.99. The molecule has 2 fully saturated rings. The van der Waals surface area contributed by atoms with Gasteiger partial charge < -0.3 is 4.74 Å². The fraction of sp³-hybridized carbons (Fsp3) is 0.588. The van der Waals surface area contributed by atoms with Crippen LogP contribution in [-0.2, 0) is 14.8 Å². The van der Waals surface area contributed by atoms with Gasteiger partial charge in [-0.1, -0.05) is 12.8 Å². The molecule has 0 unspecified atom stereocenters. The van der Waals surface area contributed by atoms with Crippen molar-refractivity contribution in [2.24, 2.45) is 11.8 Å². The van der Waals surface area contributed by atoms with Crippen molar-refractivity contribution < 1.29 is 17.9 Å². The molecule has 0 amide bonds. The van der Waals surface area contributed by atoms with Gasteiger partial charge in [0.2, 0.25) is 10.0 Å². The first-order valence-electron chi connectivity index (χ1n) is 8.12. The van der Waals surface area contributed by atoms with Gasteiger partial charge in [-0.05, 0) is 55.4 Å². The molecule has 6 heteroatoms. The molecule has 0 spiro atoms. The van der Waals surface area contributed by atoms with Crippen LogP contribution in [0.2, 0.25) is 0 Å². The van der Waals surface area contributed by atoms with Crippen molar-refractivity contribution in [1.82, 2.24) is 4.31 Å². The Morgan fingerprint density at radius 1 is 1.17 bits per heavy atom. The Morgan fingerprint density at radius 3 is 2.30 bits per heavy atom. The molecule has 1 aromatic rings. The standard InChI is InChI=1S/C17H23NO4S/c1-12-9-15(7-8-16(12)17(19)22-2)23(20,21)18-10-13-5-3-4-6-14(13)11-18/h7-9,13-14H,3-6,10-11H2,1-2H3/t13-,14+. The highest BCUT2D eigenvalue weighted by Gasteiger charge is 2.40. The van der Waals surface area contributed by atoms with Crippen molar-refractivity contribution in [1.29, 1.82) is 0 Å². The molecule has 5 nitrogen and oxygen atoms in total. The van der Waals surface area contributed by atoms with Crippen molar-refractivity contribution in [3.8, 4) is 0 Å². The Labute approximate surface area is 137 Å². The Kier molecular flexibility index (Phi) is 4.47. The summed E-state index contributed by atoms with van der Waals surface area (Å²) in [6, 6.07) is 4.62. The third-order valence-corrected chi connectivity index (χ3v) is 7.01. The maximum absolute atomic E-state index is 12.9. The second-order valence-corrected chi connectivity index (χ2v) is 8.53. The molecule has 0 aromatic heterocycles. The summed E-state index contributed by atoms with van der Waals surface area (Å²) in [6.07, 6.45) is 4.69. The molecule has 0 N–H and O–H groups in total. The molecule has 1 saturated carbocycles. The van der Waals surface area contributed by atoms with Gasteiger partial charge in [0.25, 0.3) is 0 Å². The highest BCUT2D eigenvalue weighted by molar-refractivity contribution is 7.89. The lowest BCUT2D eigenvalue weighted by atomic mass is 9.82. The Hall–Kier alpha value is -1.40. The monoisotopic (exact) mass is 337 g/mol. The normalized spacial score (nSPS) is 25.1. The van der Waals surface area contributed by atoms with E-state index in [4.69, 9.17) is 4.74 Å². The van der Waals surface area contributed by atoms with Gasteiger partial charge in [-0.15, -0.1) is 0 Å². The summed E-state index contributed by atoms with van der Waals surface area (Å²) in [5, 5.41) is 0. The van der Waals surface area contributed by atoms with Crippen LogP contribution in [0, 0.1) is 18.8 Å². The Bertz CT molecular complexity index is 699. The van der Waals surface area contributed by atoms with Crippen LogP contribution in [-0.4, -0.2) is 38.9 Å². The Morgan fingerprint density at radius 2 is 1.78 bits per heavy atom. The van der Waals surface area contributed by atoms with E-state index in [9.17, 15) is 13.2 Å². The number of sulfonamides is 1. The number of ether oxygens (including phenoxy) is 1. The lowest BCUT2D eigenvalue weighted by Crippen LogP contribution is -2.29. The number of fused-ring (bicyclic) bond motifs is 1. The zero-order valence-corrected chi connectivity index (χ0v) is 14.4. The summed E-state index contributed by atoms with van der Waals surface area (Å²) in [5.41, 5.74) is 1.02. The number of esters is 1. The highest BCUT2D eigenvalue weighted by atomic mass is 32.2. The smallest absolute Gasteiger partial charge is 0.338 e. The number of nitrogens with zero attached hydrogens (tertiary/aromatic N) is 1. The molecule has 126 valence electrons. The van der Waals surface area contributed by atoms with Crippen molar-refractivity contribution in [2.75, 3.05) is 20.2 Å². The second kappa shape index (κ2) is 6.24. The van der Waals surface area contributed by atoms with Gasteiger partial charge in [-0.2, -0.15) is 4.31 Å². The van der Waals surface area contributed by atoms with Crippen LogP contribution in [0.1, 0.15) is 41.6 Å². The topological polar surface area (TPSA) is 63.7 Å². The number of hydrogen-bond acceptors (Lipinski definition) is 4. The van der Waals surface area contributed by atoms with Crippen molar-refractivity contribution in [3.05, 3.63) is 29.3 Å². The SMILES string of the molecule is COC(=O)c1ccc(S(=O)(=O)N2C[C@H]3CCCC[C@H]3C2)cc1C. The summed E-state index contributed by atoms with van der Waals surface area (Å²) < 4.78 is 32.1. The number of carbonyl (C=O) groups is 1. The van der Waals surface area contributed by atoms with E-state index in [1.54, 1.807) is 17.3 Å². The highest BCUT2D eigenvalue weighted by Crippen LogP contribution is 2.38. The maximum Gasteiger partial charge on any atom is 0.338 e. The molecule has 3 rings (SSSR count). The number of rotatable bonds is 3. The first kappa shape index (κ1) is 16.5. The lowest BCUT2D eigenvalue weighted by Gasteiger charge is -2.22. The predicted molar refractivity (Wildman–Crippen MR) is 86.7 cm³/mol. The molecule has 0 bridgehead atoms. The molecular formula is C17H23NO4S. The minimum Gasteiger partial charge on any atom is -0.465 e. The third kappa shape index (κ3) is 3.02. The van der Waals surface area contributed by atoms with Gasteiger partial charge in [-0.25, -0.2) is 13.2 Å². The van der Waals surface area contributed by atoms with Crippen molar-refractivity contribution >= 4 is 16.0 Å². The number of hydrogen-bond donors (Lipinski definition) is 0. The predicted octanol–water partition coefficient (Wildman–Crippen LogP) is 2.59. The molecule has 1 saturated heterocycles. The van der Waals surface area contributed by atoms with E-state index in [-0.39, 0.29) is 4.90 Å². The lowest BCUT2D eigenvalue weighted by molar-refractivity contribution is 0.0600. The first-order valence-corrected chi connectivity index (χ1v) is 9.56. The van der Waals surface area contributed by atoms with E-state index in [1.807, 2.05) is 0 Å². The van der Waals surface area contributed by atoms with Crippen LogP contribution in [0.5, 0.6) is 0 Å². The minimum atomic E-state index is -3.49. The molecule has 1 aliphatic carbocycles. The van der Waals surface area contributed by atoms with Crippen molar-refractivity contribution in [2.45, 2.75) is 37.5 Å². The zero-order valence-electron chi connectivity index (χ0n) is 13.6. The third-order valence-electron chi connectivity index (χ3n) is 5.18. The minimum absolute atomic E-state index is 0.265. The van der Waals surface area contributed by atoms with E-state index in [1.165, 1.54) is 32.1 Å². The van der Waals surface area contributed by atoms with Crippen LogP contribution in [0.25, 0.3) is 0 Å². The number of aryl methyl sites for hydroxylation is 1. The van der Waals surface area contributed by atoms with E-state index in [0.717, 1.165) is 12.8 Å². The van der Waals surface area contributed by atoms with Gasteiger partial charge in [0, 0.05) is 13.1 Å². The zero-order chi connectivity index (χ0) is 16.6. The first-order chi connectivity index (χ1) is 10.9. The van der Waals surface area contributed by atoms with Crippen LogP contribution >= 0.6 is 0 Å². The summed E-state index contributed by atoms with van der Waals surface area (Å²) in [7, 11) is -2.17. The number of methoxy groups -OCH3 is 1. The van der Waals surface area contributed by atoms with E-state index in [0.29, 0.717) is 36.1 Å². The van der Waals surface area contributed by atoms with E-state index < -0.39 is 16.0 Å². The molecule has 2 atom stereocenters. The largest absolute Gasteiger partial charge is 0.465 e. The van der Waals surface area contributed by atoms with Gasteiger partial charge in [-0.3, -0.25) is 0 Å². The molecule has 23 heavy (non-hydrogen) atoms. The van der Waals surface area contributed by atoms with Gasteiger partial charge >= 0.3 is 5.97 Å². The van der Waals surface area contributed by atoms with Gasteiger partial charge in [0.1, 0.15) is 0 Å².